The molecule has 1 heterocycles. The van der Waals surface area contributed by atoms with Crippen molar-refractivity contribution in [1.82, 2.24) is 0 Å². The van der Waals surface area contributed by atoms with Crippen LogP contribution in [0.4, 0.5) is 0 Å². The Hall–Kier alpha value is -2.92. The summed E-state index contributed by atoms with van der Waals surface area (Å²) in [7, 11) is 1.64. The molecule has 4 nitrogen and oxygen atoms in total. The van der Waals surface area contributed by atoms with Crippen LogP contribution in [0.15, 0.2) is 60.0 Å². The third-order valence-electron chi connectivity index (χ3n) is 5.34. The van der Waals surface area contributed by atoms with Gasteiger partial charge in [0, 0.05) is 10.8 Å². The van der Waals surface area contributed by atoms with Gasteiger partial charge in [-0.15, -0.1) is 11.3 Å². The SMILES string of the molecule is CCOC(=O)[C@@H]1C(=O)C=C(c2cccs2)C[C@H]1c1ccc2cc(OC)ccc2c1. The number of thiophene rings is 1. The zero-order valence-corrected chi connectivity index (χ0v) is 17.2. The Balaban J connectivity index is 1.77. The number of fused-ring (bicyclic) bond motifs is 1. The van der Waals surface area contributed by atoms with Crippen LogP contribution >= 0.6 is 11.3 Å². The molecule has 0 aliphatic heterocycles. The van der Waals surface area contributed by atoms with Gasteiger partial charge in [0.15, 0.2) is 5.78 Å². The molecule has 4 rings (SSSR count). The van der Waals surface area contributed by atoms with Crippen LogP contribution in [0.25, 0.3) is 16.3 Å². The number of esters is 1. The van der Waals surface area contributed by atoms with Crippen molar-refractivity contribution in [2.75, 3.05) is 13.7 Å². The molecule has 0 bridgehead atoms. The van der Waals surface area contributed by atoms with E-state index < -0.39 is 11.9 Å². The smallest absolute Gasteiger partial charge is 0.317 e. The quantitative estimate of drug-likeness (QED) is 0.430. The molecule has 0 saturated carbocycles. The zero-order chi connectivity index (χ0) is 20.4. The molecule has 5 heteroatoms. The van der Waals surface area contributed by atoms with Gasteiger partial charge < -0.3 is 9.47 Å². The van der Waals surface area contributed by atoms with Gasteiger partial charge in [0.05, 0.1) is 13.7 Å². The Morgan fingerprint density at radius 1 is 1.14 bits per heavy atom. The summed E-state index contributed by atoms with van der Waals surface area (Å²) in [5, 5.41) is 4.10. The number of benzene rings is 2. The van der Waals surface area contributed by atoms with Crippen LogP contribution in [-0.4, -0.2) is 25.5 Å². The van der Waals surface area contributed by atoms with Gasteiger partial charge in [0.2, 0.25) is 0 Å². The minimum Gasteiger partial charge on any atom is -0.497 e. The van der Waals surface area contributed by atoms with Crippen LogP contribution in [0.3, 0.4) is 0 Å². The molecule has 29 heavy (non-hydrogen) atoms. The average molecular weight is 407 g/mol. The summed E-state index contributed by atoms with van der Waals surface area (Å²) in [6, 6.07) is 16.0. The van der Waals surface area contributed by atoms with Gasteiger partial charge in [0.1, 0.15) is 11.7 Å². The van der Waals surface area contributed by atoms with E-state index in [1.165, 1.54) is 0 Å². The fourth-order valence-electron chi connectivity index (χ4n) is 3.93. The van der Waals surface area contributed by atoms with E-state index in [1.54, 1.807) is 31.4 Å². The van der Waals surface area contributed by atoms with Gasteiger partial charge in [-0.3, -0.25) is 9.59 Å². The van der Waals surface area contributed by atoms with Crippen molar-refractivity contribution < 1.29 is 19.1 Å². The van der Waals surface area contributed by atoms with Crippen molar-refractivity contribution in [3.05, 3.63) is 70.4 Å². The van der Waals surface area contributed by atoms with Crippen molar-refractivity contribution in [2.24, 2.45) is 5.92 Å². The van der Waals surface area contributed by atoms with Crippen LogP contribution in [0.2, 0.25) is 0 Å². The lowest BCUT2D eigenvalue weighted by Crippen LogP contribution is -2.33. The first-order valence-corrected chi connectivity index (χ1v) is 10.5. The minimum absolute atomic E-state index is 0.182. The molecule has 2 aromatic carbocycles. The molecule has 0 radical (unpaired) electrons. The molecule has 1 aromatic heterocycles. The summed E-state index contributed by atoms with van der Waals surface area (Å²) in [5.74, 6) is -0.897. The van der Waals surface area contributed by atoms with E-state index >= 15 is 0 Å². The van der Waals surface area contributed by atoms with E-state index in [4.69, 9.17) is 9.47 Å². The first kappa shape index (κ1) is 19.4. The third-order valence-corrected chi connectivity index (χ3v) is 6.29. The molecule has 1 aliphatic carbocycles. The summed E-state index contributed by atoms with van der Waals surface area (Å²) in [5.41, 5.74) is 1.95. The number of carbonyl (C=O) groups is 2. The molecular formula is C24H22O4S. The second-order valence-electron chi connectivity index (χ2n) is 7.06. The average Bonchev–Trinajstić information content (AvgIpc) is 3.27. The van der Waals surface area contributed by atoms with Gasteiger partial charge in [0.25, 0.3) is 0 Å². The van der Waals surface area contributed by atoms with E-state index in [0.717, 1.165) is 32.5 Å². The van der Waals surface area contributed by atoms with Crippen LogP contribution < -0.4 is 4.74 Å². The number of methoxy groups -OCH3 is 1. The minimum atomic E-state index is -0.811. The molecule has 1 aliphatic rings. The molecule has 0 fully saturated rings. The third kappa shape index (κ3) is 3.83. The van der Waals surface area contributed by atoms with Gasteiger partial charge in [-0.05, 0) is 64.9 Å². The van der Waals surface area contributed by atoms with Crippen molar-refractivity contribution in [3.8, 4) is 5.75 Å². The van der Waals surface area contributed by atoms with Crippen LogP contribution in [-0.2, 0) is 14.3 Å². The topological polar surface area (TPSA) is 52.6 Å². The first-order valence-electron chi connectivity index (χ1n) is 9.63. The van der Waals surface area contributed by atoms with Crippen molar-refractivity contribution in [3.63, 3.8) is 0 Å². The maximum atomic E-state index is 13.0. The second kappa shape index (κ2) is 8.21. The maximum Gasteiger partial charge on any atom is 0.317 e. The molecular weight excluding hydrogens is 384 g/mol. The zero-order valence-electron chi connectivity index (χ0n) is 16.4. The highest BCUT2D eigenvalue weighted by atomic mass is 32.1. The van der Waals surface area contributed by atoms with E-state index in [1.807, 2.05) is 47.8 Å². The molecule has 3 aromatic rings. The van der Waals surface area contributed by atoms with Crippen molar-refractivity contribution in [2.45, 2.75) is 19.3 Å². The van der Waals surface area contributed by atoms with Crippen molar-refractivity contribution in [1.29, 1.82) is 0 Å². The number of ether oxygens (including phenoxy) is 2. The summed E-state index contributed by atoms with van der Waals surface area (Å²) < 4.78 is 10.5. The summed E-state index contributed by atoms with van der Waals surface area (Å²) >= 11 is 1.60. The number of hydrogen-bond donors (Lipinski definition) is 0. The molecule has 0 unspecified atom stereocenters. The fourth-order valence-corrected chi connectivity index (χ4v) is 4.68. The Kier molecular flexibility index (Phi) is 5.49. The molecule has 2 atom stereocenters. The molecule has 0 N–H and O–H groups in total. The number of allylic oxidation sites excluding steroid dienone is 2. The van der Waals surface area contributed by atoms with Gasteiger partial charge in [-0.2, -0.15) is 0 Å². The summed E-state index contributed by atoms with van der Waals surface area (Å²) in [6.07, 6.45) is 2.24. The van der Waals surface area contributed by atoms with Gasteiger partial charge in [-0.25, -0.2) is 0 Å². The highest BCUT2D eigenvalue weighted by molar-refractivity contribution is 7.11. The number of ketones is 1. The van der Waals surface area contributed by atoms with E-state index in [-0.39, 0.29) is 18.3 Å². The van der Waals surface area contributed by atoms with E-state index in [9.17, 15) is 9.59 Å². The van der Waals surface area contributed by atoms with Crippen LogP contribution in [0.1, 0.15) is 29.7 Å². The Morgan fingerprint density at radius 2 is 1.93 bits per heavy atom. The lowest BCUT2D eigenvalue weighted by atomic mass is 9.74. The van der Waals surface area contributed by atoms with E-state index in [0.29, 0.717) is 6.42 Å². The second-order valence-corrected chi connectivity index (χ2v) is 8.01. The molecule has 148 valence electrons. The van der Waals surface area contributed by atoms with Crippen LogP contribution in [0, 0.1) is 5.92 Å². The summed E-state index contributed by atoms with van der Waals surface area (Å²) in [6.45, 7) is 2.02. The highest BCUT2D eigenvalue weighted by Gasteiger charge is 2.40. The number of carbonyl (C=O) groups excluding carboxylic acids is 2. The fraction of sp³-hybridized carbons (Fsp3) is 0.250. The Labute approximate surface area is 173 Å². The molecule has 0 saturated heterocycles. The van der Waals surface area contributed by atoms with Crippen molar-refractivity contribution >= 4 is 39.4 Å². The predicted octanol–water partition coefficient (Wildman–Crippen LogP) is 5.23. The van der Waals surface area contributed by atoms with E-state index in [2.05, 4.69) is 6.07 Å². The summed E-state index contributed by atoms with van der Waals surface area (Å²) in [4.78, 5) is 26.7. The normalized spacial score (nSPS) is 19.1. The largest absolute Gasteiger partial charge is 0.497 e. The highest BCUT2D eigenvalue weighted by Crippen LogP contribution is 2.42. The van der Waals surface area contributed by atoms with Gasteiger partial charge in [-0.1, -0.05) is 30.3 Å². The first-order chi connectivity index (χ1) is 14.1. The van der Waals surface area contributed by atoms with Crippen LogP contribution in [0.5, 0.6) is 5.75 Å². The lowest BCUT2D eigenvalue weighted by Gasteiger charge is -2.29. The number of hydrogen-bond acceptors (Lipinski definition) is 5. The van der Waals surface area contributed by atoms with Gasteiger partial charge >= 0.3 is 5.97 Å². The number of rotatable bonds is 5. The predicted molar refractivity (Wildman–Crippen MR) is 115 cm³/mol. The monoisotopic (exact) mass is 406 g/mol. The Bertz CT molecular complexity index is 1080. The Morgan fingerprint density at radius 3 is 2.66 bits per heavy atom. The standard InChI is InChI=1S/C24H22O4S/c1-3-28-24(26)23-20(13-18(14-21(23)25)22-5-4-10-29-22)17-7-6-16-12-19(27-2)9-8-15(16)11-17/h4-12,14,20,23H,3,13H2,1-2H3/t20-,23-/m0/s1. The maximum absolute atomic E-state index is 13.0. The molecule has 0 amide bonds. The lowest BCUT2D eigenvalue weighted by molar-refractivity contribution is -0.151. The molecule has 0 spiro atoms.